The van der Waals surface area contributed by atoms with Gasteiger partial charge in [-0.2, -0.15) is 13.1 Å². The van der Waals surface area contributed by atoms with Crippen molar-refractivity contribution in [3.63, 3.8) is 0 Å². The summed E-state index contributed by atoms with van der Waals surface area (Å²) in [5, 5.41) is 2.50. The molecular formula is C20H22F2N2O5S2. The van der Waals surface area contributed by atoms with Crippen LogP contribution in [0.3, 0.4) is 0 Å². The highest BCUT2D eigenvalue weighted by atomic mass is 32.2. The maximum absolute atomic E-state index is 12.9. The molecule has 2 aromatic rings. The number of halogens is 2. The molecule has 0 saturated carbocycles. The quantitative estimate of drug-likeness (QED) is 0.694. The number of hydrogen-bond acceptors (Lipinski definition) is 5. The molecule has 1 amide bonds. The summed E-state index contributed by atoms with van der Waals surface area (Å²) in [6, 6.07) is 9.95. The molecule has 0 aromatic heterocycles. The summed E-state index contributed by atoms with van der Waals surface area (Å²) in [7, 11) is -8.46. The van der Waals surface area contributed by atoms with Gasteiger partial charge in [-0.25, -0.2) is 16.8 Å². The third kappa shape index (κ3) is 5.28. The van der Waals surface area contributed by atoms with Crippen molar-refractivity contribution in [2.45, 2.75) is 41.2 Å². The van der Waals surface area contributed by atoms with E-state index in [2.05, 4.69) is 5.32 Å². The highest BCUT2D eigenvalue weighted by molar-refractivity contribution is 7.91. The molecule has 1 aliphatic heterocycles. The minimum atomic E-state index is -4.73. The van der Waals surface area contributed by atoms with Gasteiger partial charge in [-0.1, -0.05) is 18.9 Å². The number of carbonyl (C=O) groups is 1. The van der Waals surface area contributed by atoms with Crippen LogP contribution in [0.4, 0.5) is 14.5 Å². The summed E-state index contributed by atoms with van der Waals surface area (Å²) in [6.07, 6.45) is 3.53. The predicted molar refractivity (Wildman–Crippen MR) is 111 cm³/mol. The van der Waals surface area contributed by atoms with Crippen molar-refractivity contribution < 1.29 is 30.4 Å². The van der Waals surface area contributed by atoms with E-state index in [9.17, 15) is 30.4 Å². The first-order valence-electron chi connectivity index (χ1n) is 9.66. The average Bonchev–Trinajstić information content (AvgIpc) is 3.04. The second-order valence-electron chi connectivity index (χ2n) is 7.13. The summed E-state index contributed by atoms with van der Waals surface area (Å²) in [5.41, 5.74) is 0.277. The highest BCUT2D eigenvalue weighted by Gasteiger charge is 2.27. The molecule has 11 heteroatoms. The normalized spacial score (nSPS) is 16.1. The lowest BCUT2D eigenvalue weighted by Gasteiger charge is -2.20. The van der Waals surface area contributed by atoms with Crippen LogP contribution in [0.25, 0.3) is 0 Å². The van der Waals surface area contributed by atoms with Gasteiger partial charge >= 0.3 is 5.76 Å². The lowest BCUT2D eigenvalue weighted by atomic mass is 10.2. The van der Waals surface area contributed by atoms with Crippen molar-refractivity contribution in [1.82, 2.24) is 4.31 Å². The molecule has 0 spiro atoms. The smallest absolute Gasteiger partial charge is 0.322 e. The number of amides is 1. The zero-order chi connectivity index (χ0) is 22.6. The summed E-state index contributed by atoms with van der Waals surface area (Å²) in [6.45, 7) is 0.874. The molecule has 31 heavy (non-hydrogen) atoms. The molecule has 0 atom stereocenters. The fourth-order valence-corrected chi connectivity index (χ4v) is 5.55. The van der Waals surface area contributed by atoms with E-state index in [0.29, 0.717) is 13.1 Å². The van der Waals surface area contributed by atoms with Crippen molar-refractivity contribution in [3.8, 4) is 0 Å². The lowest BCUT2D eigenvalue weighted by Crippen LogP contribution is -2.32. The van der Waals surface area contributed by atoms with Crippen molar-refractivity contribution in [3.05, 3.63) is 54.1 Å². The summed E-state index contributed by atoms with van der Waals surface area (Å²) >= 11 is 0. The van der Waals surface area contributed by atoms with Crippen molar-refractivity contribution >= 4 is 31.5 Å². The predicted octanol–water partition coefficient (Wildman–Crippen LogP) is 3.50. The molecule has 3 rings (SSSR count). The Morgan fingerprint density at radius 2 is 1.48 bits per heavy atom. The minimum absolute atomic E-state index is 0.0143. The Kier molecular flexibility index (Phi) is 7.07. The number of hydrogen-bond donors (Lipinski definition) is 1. The Bertz CT molecular complexity index is 1140. The van der Waals surface area contributed by atoms with Gasteiger partial charge in [0.2, 0.25) is 19.9 Å². The van der Waals surface area contributed by atoms with E-state index < -0.39 is 36.4 Å². The van der Waals surface area contributed by atoms with E-state index in [1.165, 1.54) is 40.7 Å². The molecule has 0 unspecified atom stereocenters. The highest BCUT2D eigenvalue weighted by Crippen LogP contribution is 2.23. The van der Waals surface area contributed by atoms with Crippen LogP contribution in [0.15, 0.2) is 58.3 Å². The van der Waals surface area contributed by atoms with Crippen molar-refractivity contribution in [2.24, 2.45) is 0 Å². The van der Waals surface area contributed by atoms with Gasteiger partial charge in [0.15, 0.2) is 0 Å². The Morgan fingerprint density at radius 3 is 2.06 bits per heavy atom. The van der Waals surface area contributed by atoms with Gasteiger partial charge in [0, 0.05) is 24.3 Å². The van der Waals surface area contributed by atoms with Crippen LogP contribution in [0.1, 0.15) is 36.0 Å². The van der Waals surface area contributed by atoms with Crippen LogP contribution in [-0.2, 0) is 19.9 Å². The SMILES string of the molecule is O=C(Nc1ccc(S(=O)(=O)C(F)F)cc1)c1cccc(S(=O)(=O)N2CCCCCC2)c1. The Hall–Kier alpha value is -2.37. The Labute approximate surface area is 180 Å². The second-order valence-corrected chi connectivity index (χ2v) is 11.0. The standard InChI is InChI=1S/C20H22F2N2O5S2/c21-20(22)30(26,27)17-10-8-16(9-11-17)23-19(25)15-6-5-7-18(14-15)31(28,29)24-12-3-1-2-4-13-24/h5-11,14,20H,1-4,12-13H2,(H,23,25). The van der Waals surface area contributed by atoms with E-state index in [4.69, 9.17) is 0 Å². The van der Waals surface area contributed by atoms with Gasteiger partial charge in [0.25, 0.3) is 5.91 Å². The second kappa shape index (κ2) is 9.41. The Morgan fingerprint density at radius 1 is 0.871 bits per heavy atom. The van der Waals surface area contributed by atoms with E-state index in [1.807, 2.05) is 0 Å². The molecule has 0 radical (unpaired) electrons. The molecule has 168 valence electrons. The third-order valence-electron chi connectivity index (χ3n) is 4.97. The van der Waals surface area contributed by atoms with Gasteiger partial charge in [0.1, 0.15) is 0 Å². The average molecular weight is 473 g/mol. The maximum Gasteiger partial charge on any atom is 0.341 e. The molecule has 1 N–H and O–H groups in total. The molecule has 1 saturated heterocycles. The van der Waals surface area contributed by atoms with Gasteiger partial charge < -0.3 is 5.32 Å². The molecule has 1 heterocycles. The molecule has 0 aliphatic carbocycles. The summed E-state index contributed by atoms with van der Waals surface area (Å²) < 4.78 is 75.5. The summed E-state index contributed by atoms with van der Waals surface area (Å²) in [4.78, 5) is 12.0. The number of sulfone groups is 1. The third-order valence-corrected chi connectivity index (χ3v) is 8.27. The maximum atomic E-state index is 12.9. The van der Waals surface area contributed by atoms with E-state index in [0.717, 1.165) is 37.8 Å². The number of anilines is 1. The molecular weight excluding hydrogens is 450 g/mol. The topological polar surface area (TPSA) is 101 Å². The zero-order valence-electron chi connectivity index (χ0n) is 16.5. The first-order valence-corrected chi connectivity index (χ1v) is 12.6. The number of nitrogens with one attached hydrogen (secondary N) is 1. The molecule has 1 aliphatic rings. The molecule has 0 bridgehead atoms. The number of carbonyl (C=O) groups excluding carboxylic acids is 1. The number of sulfonamides is 1. The fourth-order valence-electron chi connectivity index (χ4n) is 3.26. The molecule has 7 nitrogen and oxygen atoms in total. The van der Waals surface area contributed by atoms with Gasteiger partial charge in [-0.3, -0.25) is 4.79 Å². The number of alkyl halides is 2. The number of benzene rings is 2. The first kappa shape index (κ1) is 23.3. The Balaban J connectivity index is 1.77. The monoisotopic (exact) mass is 472 g/mol. The van der Waals surface area contributed by atoms with Crippen LogP contribution in [0, 0.1) is 0 Å². The van der Waals surface area contributed by atoms with Crippen LogP contribution in [-0.4, -0.2) is 45.9 Å². The number of nitrogens with zero attached hydrogens (tertiary/aromatic N) is 1. The lowest BCUT2D eigenvalue weighted by molar-refractivity contribution is 0.102. The van der Waals surface area contributed by atoms with E-state index in [-0.39, 0.29) is 16.1 Å². The van der Waals surface area contributed by atoms with Gasteiger partial charge in [-0.15, -0.1) is 0 Å². The van der Waals surface area contributed by atoms with E-state index in [1.54, 1.807) is 0 Å². The largest absolute Gasteiger partial charge is 0.341 e. The van der Waals surface area contributed by atoms with Crippen LogP contribution in [0.2, 0.25) is 0 Å². The molecule has 1 fully saturated rings. The zero-order valence-corrected chi connectivity index (χ0v) is 18.1. The molecule has 2 aromatic carbocycles. The minimum Gasteiger partial charge on any atom is -0.322 e. The van der Waals surface area contributed by atoms with Crippen LogP contribution < -0.4 is 5.32 Å². The first-order chi connectivity index (χ1) is 14.6. The van der Waals surface area contributed by atoms with Crippen LogP contribution in [0.5, 0.6) is 0 Å². The van der Waals surface area contributed by atoms with Crippen LogP contribution >= 0.6 is 0 Å². The summed E-state index contributed by atoms with van der Waals surface area (Å²) in [5.74, 6) is -4.15. The van der Waals surface area contributed by atoms with Gasteiger partial charge in [0.05, 0.1) is 9.79 Å². The van der Waals surface area contributed by atoms with Crippen molar-refractivity contribution in [1.29, 1.82) is 0 Å². The van der Waals surface area contributed by atoms with Gasteiger partial charge in [-0.05, 0) is 55.3 Å². The van der Waals surface area contributed by atoms with E-state index >= 15 is 0 Å². The van der Waals surface area contributed by atoms with Crippen molar-refractivity contribution in [2.75, 3.05) is 18.4 Å². The number of rotatable bonds is 6. The fraction of sp³-hybridized carbons (Fsp3) is 0.350.